The number of hydrogen-bond acceptors (Lipinski definition) is 7. The Bertz CT molecular complexity index is 1530. The van der Waals surface area contributed by atoms with Gasteiger partial charge in [-0.1, -0.05) is 18.2 Å². The topological polar surface area (TPSA) is 138 Å². The van der Waals surface area contributed by atoms with E-state index in [1.807, 2.05) is 6.07 Å². The van der Waals surface area contributed by atoms with E-state index in [0.717, 1.165) is 16.3 Å². The Balaban J connectivity index is 1.26. The largest absolute Gasteiger partial charge is 0.326 e. The predicted molar refractivity (Wildman–Crippen MR) is 125 cm³/mol. The van der Waals surface area contributed by atoms with Crippen molar-refractivity contribution in [3.05, 3.63) is 84.4 Å². The number of carbonyl (C=O) groups excluding carboxylic acids is 1. The Labute approximate surface area is 195 Å². The Morgan fingerprint density at radius 1 is 1.06 bits per heavy atom. The summed E-state index contributed by atoms with van der Waals surface area (Å²) in [7, 11) is -3.81. The summed E-state index contributed by atoms with van der Waals surface area (Å²) in [6.45, 7) is 0. The van der Waals surface area contributed by atoms with Gasteiger partial charge in [-0.3, -0.25) is 9.78 Å². The molecular weight excluding hydrogens is 452 g/mol. The van der Waals surface area contributed by atoms with Crippen molar-refractivity contribution in [1.29, 1.82) is 5.26 Å². The second-order valence-corrected chi connectivity index (χ2v) is 9.60. The third-order valence-corrected chi connectivity index (χ3v) is 7.03. The third kappa shape index (κ3) is 4.29. The first-order chi connectivity index (χ1) is 16.4. The van der Waals surface area contributed by atoms with Crippen LogP contribution in [0.2, 0.25) is 0 Å². The van der Waals surface area contributed by atoms with Crippen LogP contribution in [0.25, 0.3) is 10.8 Å². The third-order valence-electron chi connectivity index (χ3n) is 5.69. The van der Waals surface area contributed by atoms with Crippen molar-refractivity contribution >= 4 is 38.3 Å². The molecule has 1 aliphatic rings. The molecule has 0 spiro atoms. The fraction of sp³-hybridized carbons (Fsp3) is 0.125. The number of pyridine rings is 1. The lowest BCUT2D eigenvalue weighted by Crippen LogP contribution is -2.15. The highest BCUT2D eigenvalue weighted by atomic mass is 32.2. The minimum Gasteiger partial charge on any atom is -0.326 e. The van der Waals surface area contributed by atoms with Crippen LogP contribution in [0.5, 0.6) is 0 Å². The summed E-state index contributed by atoms with van der Waals surface area (Å²) < 4.78 is 27.4. The normalized spacial score (nSPS) is 17.0. The molecule has 34 heavy (non-hydrogen) atoms. The molecule has 5 rings (SSSR count). The van der Waals surface area contributed by atoms with E-state index in [2.05, 4.69) is 31.1 Å². The molecule has 10 heteroatoms. The van der Waals surface area contributed by atoms with Crippen molar-refractivity contribution in [2.45, 2.75) is 17.2 Å². The van der Waals surface area contributed by atoms with E-state index in [0.29, 0.717) is 17.7 Å². The summed E-state index contributed by atoms with van der Waals surface area (Å²) >= 11 is 0. The highest BCUT2D eigenvalue weighted by molar-refractivity contribution is 7.92. The standard InChI is InChI=1S/C24H18N6O3S/c25-12-17-14-26-13-16-2-5-18(10-20(16)17)29-23(31)22-11-21(22)15-3-6-19(7-4-15)34(32,33)30-24-27-8-1-9-28-24/h1-10,13-14,21-22H,11H2,(H,29,31)(H,27,28,30)/t21-,22+/m0/s1. The van der Waals surface area contributed by atoms with Gasteiger partial charge in [0.25, 0.3) is 10.0 Å². The number of nitrogens with zero attached hydrogens (tertiary/aromatic N) is 4. The molecule has 1 aliphatic carbocycles. The SMILES string of the molecule is N#Cc1cncc2ccc(NC(=O)[C@@H]3C[C@H]3c3ccc(S(=O)(=O)Nc4ncccn4)cc3)cc12. The zero-order valence-corrected chi connectivity index (χ0v) is 18.5. The van der Waals surface area contributed by atoms with Gasteiger partial charge in [-0.05, 0) is 48.2 Å². The first-order valence-corrected chi connectivity index (χ1v) is 11.9. The molecular formula is C24H18N6O3S. The molecule has 2 aromatic heterocycles. The van der Waals surface area contributed by atoms with Crippen LogP contribution in [0.15, 0.2) is 78.2 Å². The van der Waals surface area contributed by atoms with Crippen molar-refractivity contribution < 1.29 is 13.2 Å². The maximum Gasteiger partial charge on any atom is 0.264 e. The molecule has 2 N–H and O–H groups in total. The van der Waals surface area contributed by atoms with Gasteiger partial charge in [0.1, 0.15) is 6.07 Å². The molecule has 0 bridgehead atoms. The van der Waals surface area contributed by atoms with E-state index in [1.165, 1.54) is 30.7 Å². The number of benzene rings is 2. The molecule has 0 unspecified atom stereocenters. The number of rotatable bonds is 6. The van der Waals surface area contributed by atoms with E-state index in [-0.39, 0.29) is 28.6 Å². The summed E-state index contributed by atoms with van der Waals surface area (Å²) in [5, 5.41) is 13.8. The molecule has 0 saturated heterocycles. The molecule has 168 valence electrons. The Hall–Kier alpha value is -4.36. The highest BCUT2D eigenvalue weighted by Crippen LogP contribution is 2.48. The summed E-state index contributed by atoms with van der Waals surface area (Å²) in [6, 6.07) is 15.5. The van der Waals surface area contributed by atoms with E-state index >= 15 is 0 Å². The Morgan fingerprint density at radius 2 is 1.82 bits per heavy atom. The van der Waals surface area contributed by atoms with Gasteiger partial charge in [0.2, 0.25) is 11.9 Å². The molecule has 0 radical (unpaired) electrons. The second kappa shape index (κ2) is 8.53. The quantitative estimate of drug-likeness (QED) is 0.440. The average Bonchev–Trinajstić information content (AvgIpc) is 3.65. The van der Waals surface area contributed by atoms with Crippen LogP contribution >= 0.6 is 0 Å². The van der Waals surface area contributed by atoms with Crippen molar-refractivity contribution in [3.63, 3.8) is 0 Å². The van der Waals surface area contributed by atoms with E-state index in [1.54, 1.807) is 36.5 Å². The minimum absolute atomic E-state index is 0.00245. The van der Waals surface area contributed by atoms with Crippen molar-refractivity contribution in [2.24, 2.45) is 5.92 Å². The van der Waals surface area contributed by atoms with Gasteiger partial charge in [0.05, 0.1) is 10.5 Å². The first kappa shape index (κ1) is 21.5. The zero-order valence-electron chi connectivity index (χ0n) is 17.7. The van der Waals surface area contributed by atoms with Crippen molar-refractivity contribution in [3.8, 4) is 6.07 Å². The lowest BCUT2D eigenvalue weighted by molar-refractivity contribution is -0.117. The van der Waals surface area contributed by atoms with Crippen LogP contribution < -0.4 is 10.0 Å². The number of amides is 1. The van der Waals surface area contributed by atoms with Crippen molar-refractivity contribution in [2.75, 3.05) is 10.0 Å². The van der Waals surface area contributed by atoms with Gasteiger partial charge >= 0.3 is 0 Å². The van der Waals surface area contributed by atoms with Gasteiger partial charge in [-0.25, -0.2) is 23.1 Å². The van der Waals surface area contributed by atoms with Crippen LogP contribution in [-0.4, -0.2) is 29.3 Å². The molecule has 1 saturated carbocycles. The maximum atomic E-state index is 12.8. The lowest BCUT2D eigenvalue weighted by atomic mass is 10.1. The van der Waals surface area contributed by atoms with Gasteiger partial charge in [-0.15, -0.1) is 0 Å². The van der Waals surface area contributed by atoms with E-state index in [4.69, 9.17) is 0 Å². The Morgan fingerprint density at radius 3 is 2.56 bits per heavy atom. The molecule has 1 amide bonds. The molecule has 2 heterocycles. The predicted octanol–water partition coefficient (Wildman–Crippen LogP) is 3.44. The number of sulfonamides is 1. The maximum absolute atomic E-state index is 12.8. The molecule has 1 fully saturated rings. The van der Waals surface area contributed by atoms with Crippen molar-refractivity contribution in [1.82, 2.24) is 15.0 Å². The van der Waals surface area contributed by atoms with Gasteiger partial charge in [0.15, 0.2) is 0 Å². The number of aromatic nitrogens is 3. The first-order valence-electron chi connectivity index (χ1n) is 10.4. The van der Waals surface area contributed by atoms with Crippen LogP contribution in [0, 0.1) is 17.2 Å². The number of nitriles is 1. The van der Waals surface area contributed by atoms with Gasteiger partial charge in [0, 0.05) is 47.2 Å². The highest BCUT2D eigenvalue weighted by Gasteiger charge is 2.44. The second-order valence-electron chi connectivity index (χ2n) is 7.92. The smallest absolute Gasteiger partial charge is 0.264 e. The van der Waals surface area contributed by atoms with Gasteiger partial charge < -0.3 is 5.32 Å². The molecule has 2 aromatic carbocycles. The molecule has 0 aliphatic heterocycles. The zero-order chi connectivity index (χ0) is 23.7. The lowest BCUT2D eigenvalue weighted by Gasteiger charge is -2.08. The number of fused-ring (bicyclic) bond motifs is 1. The number of anilines is 2. The number of hydrogen-bond donors (Lipinski definition) is 2. The summed E-state index contributed by atoms with van der Waals surface area (Å²) in [5.74, 6) is -0.308. The fourth-order valence-corrected chi connectivity index (χ4v) is 4.80. The molecule has 9 nitrogen and oxygen atoms in total. The summed E-state index contributed by atoms with van der Waals surface area (Å²) in [6.07, 6.45) is 6.74. The summed E-state index contributed by atoms with van der Waals surface area (Å²) in [5.41, 5.74) is 1.95. The monoisotopic (exact) mass is 470 g/mol. The average molecular weight is 471 g/mol. The fourth-order valence-electron chi connectivity index (χ4n) is 3.84. The van der Waals surface area contributed by atoms with E-state index < -0.39 is 10.0 Å². The van der Waals surface area contributed by atoms with Crippen LogP contribution in [0.4, 0.5) is 11.6 Å². The molecule has 2 atom stereocenters. The van der Waals surface area contributed by atoms with Gasteiger partial charge in [-0.2, -0.15) is 5.26 Å². The number of carbonyl (C=O) groups is 1. The Kier molecular flexibility index (Phi) is 5.39. The number of nitrogens with one attached hydrogen (secondary N) is 2. The molecule has 4 aromatic rings. The van der Waals surface area contributed by atoms with E-state index in [9.17, 15) is 18.5 Å². The van der Waals surface area contributed by atoms with Crippen LogP contribution in [-0.2, 0) is 14.8 Å². The minimum atomic E-state index is -3.81. The summed E-state index contributed by atoms with van der Waals surface area (Å²) in [4.78, 5) is 24.6. The van der Waals surface area contributed by atoms with Crippen LogP contribution in [0.3, 0.4) is 0 Å². The van der Waals surface area contributed by atoms with Crippen LogP contribution in [0.1, 0.15) is 23.5 Å².